The van der Waals surface area contributed by atoms with Crippen LogP contribution in [0.1, 0.15) is 18.1 Å². The topological polar surface area (TPSA) is 43.2 Å². The van der Waals surface area contributed by atoms with Crippen LogP contribution in [0.25, 0.3) is 27.9 Å². The summed E-state index contributed by atoms with van der Waals surface area (Å²) in [6.07, 6.45) is 0. The van der Waals surface area contributed by atoms with Crippen LogP contribution in [-0.2, 0) is 0 Å². The first kappa shape index (κ1) is 20.0. The maximum absolute atomic E-state index is 9.18. The van der Waals surface area contributed by atoms with Gasteiger partial charge in [-0.25, -0.2) is 4.98 Å². The molecule has 0 aliphatic carbocycles. The number of rotatable bonds is 4. The summed E-state index contributed by atoms with van der Waals surface area (Å²) in [7, 11) is 0. The molecule has 0 N–H and O–H groups in total. The quantitative estimate of drug-likeness (QED) is 0.561. The molecule has 0 unspecified atom stereocenters. The fourth-order valence-corrected chi connectivity index (χ4v) is 4.07. The van der Waals surface area contributed by atoms with Gasteiger partial charge in [0.2, 0.25) is 0 Å². The van der Waals surface area contributed by atoms with Crippen molar-refractivity contribution in [2.75, 3.05) is 26.2 Å². The van der Waals surface area contributed by atoms with Crippen LogP contribution in [0.2, 0.25) is 5.02 Å². The van der Waals surface area contributed by atoms with E-state index in [9.17, 15) is 5.26 Å². The highest BCUT2D eigenvalue weighted by Crippen LogP contribution is 2.31. The van der Waals surface area contributed by atoms with E-state index in [2.05, 4.69) is 35.1 Å². The van der Waals surface area contributed by atoms with Crippen LogP contribution in [0.3, 0.4) is 0 Å². The van der Waals surface area contributed by atoms with Gasteiger partial charge in [0.25, 0.3) is 0 Å². The summed E-state index contributed by atoms with van der Waals surface area (Å²) in [6, 6.07) is 17.5. The fourth-order valence-electron chi connectivity index (χ4n) is 3.80. The number of nitriles is 1. The fraction of sp³-hybridized carbons (Fsp3) is 0.200. The average Bonchev–Trinajstić information content (AvgIpc) is 2.78. The lowest BCUT2D eigenvalue weighted by Gasteiger charge is -2.38. The highest BCUT2D eigenvalue weighted by molar-refractivity contribution is 6.35. The number of piperazine rings is 1. The number of aromatic nitrogens is 1. The second-order valence-electron chi connectivity index (χ2n) is 7.57. The highest BCUT2D eigenvalue weighted by Gasteiger charge is 2.19. The van der Waals surface area contributed by atoms with Crippen LogP contribution >= 0.6 is 11.6 Å². The van der Waals surface area contributed by atoms with Crippen LogP contribution in [0, 0.1) is 11.3 Å². The van der Waals surface area contributed by atoms with Crippen molar-refractivity contribution in [3.63, 3.8) is 0 Å². The summed E-state index contributed by atoms with van der Waals surface area (Å²) in [4.78, 5) is 9.44. The number of hydrogen-bond donors (Lipinski definition) is 0. The maximum atomic E-state index is 9.18. The van der Waals surface area contributed by atoms with Gasteiger partial charge in [-0.1, -0.05) is 49.0 Å². The molecule has 0 radical (unpaired) electrons. The lowest BCUT2D eigenvalue weighted by atomic mass is 10.0. The first-order valence-electron chi connectivity index (χ1n) is 9.92. The molecule has 0 atom stereocenters. The Labute approximate surface area is 182 Å². The third-order valence-electron chi connectivity index (χ3n) is 5.58. The smallest absolute Gasteiger partial charge is 0.0991 e. The number of pyridine rings is 1. The van der Waals surface area contributed by atoms with Gasteiger partial charge in [-0.2, -0.15) is 5.26 Å². The average molecular weight is 415 g/mol. The molecule has 2 heterocycles. The molecule has 1 saturated heterocycles. The van der Waals surface area contributed by atoms with Gasteiger partial charge in [0.1, 0.15) is 0 Å². The van der Waals surface area contributed by atoms with Gasteiger partial charge >= 0.3 is 0 Å². The van der Waals surface area contributed by atoms with E-state index in [0.29, 0.717) is 10.6 Å². The van der Waals surface area contributed by atoms with Crippen molar-refractivity contribution < 1.29 is 0 Å². The number of hydrogen-bond acceptors (Lipinski definition) is 4. The Bertz CT molecular complexity index is 1180. The normalized spacial score (nSPS) is 13.9. The van der Waals surface area contributed by atoms with E-state index in [4.69, 9.17) is 16.6 Å². The molecule has 0 saturated carbocycles. The SMILES string of the molecule is C=C(C)N1CCN(C(=C)c2ccc3c(Cl)cc(-c4cccc(C#N)c4)nc3c2)CC1. The molecule has 3 aromatic rings. The molecule has 4 nitrogen and oxygen atoms in total. The third-order valence-corrected chi connectivity index (χ3v) is 5.89. The summed E-state index contributed by atoms with van der Waals surface area (Å²) in [5, 5.41) is 10.7. The number of fused-ring (bicyclic) bond motifs is 1. The highest BCUT2D eigenvalue weighted by atomic mass is 35.5. The first-order valence-corrected chi connectivity index (χ1v) is 10.3. The van der Waals surface area contributed by atoms with Gasteiger partial charge in [-0.3, -0.25) is 0 Å². The minimum absolute atomic E-state index is 0.599. The Morgan fingerprint density at radius 2 is 1.77 bits per heavy atom. The zero-order valence-electron chi connectivity index (χ0n) is 17.0. The maximum Gasteiger partial charge on any atom is 0.0991 e. The lowest BCUT2D eigenvalue weighted by Crippen LogP contribution is -2.44. The Kier molecular flexibility index (Phi) is 5.48. The van der Waals surface area contributed by atoms with Crippen molar-refractivity contribution in [1.82, 2.24) is 14.8 Å². The molecule has 0 spiro atoms. The Morgan fingerprint density at radius 1 is 1.03 bits per heavy atom. The molecule has 150 valence electrons. The molecule has 0 amide bonds. The van der Waals surface area contributed by atoms with E-state index in [-0.39, 0.29) is 0 Å². The Balaban J connectivity index is 1.65. The molecule has 1 aromatic heterocycles. The number of halogens is 1. The van der Waals surface area contributed by atoms with Crippen LogP contribution < -0.4 is 0 Å². The summed E-state index contributed by atoms with van der Waals surface area (Å²) in [5.74, 6) is 0. The van der Waals surface area contributed by atoms with Gasteiger partial charge in [-0.15, -0.1) is 0 Å². The van der Waals surface area contributed by atoms with Crippen LogP contribution in [0.5, 0.6) is 0 Å². The molecule has 1 aliphatic heterocycles. The van der Waals surface area contributed by atoms with E-state index in [1.54, 1.807) is 6.07 Å². The van der Waals surface area contributed by atoms with E-state index in [1.165, 1.54) is 0 Å². The van der Waals surface area contributed by atoms with Gasteiger partial charge in [-0.05, 0) is 36.8 Å². The Hall–Kier alpha value is -3.29. The van der Waals surface area contributed by atoms with Gasteiger partial charge in [0.05, 0.1) is 27.9 Å². The van der Waals surface area contributed by atoms with Crippen molar-refractivity contribution in [2.24, 2.45) is 0 Å². The minimum atomic E-state index is 0.599. The molecule has 2 aromatic carbocycles. The summed E-state index contributed by atoms with van der Waals surface area (Å²) < 4.78 is 0. The third kappa shape index (κ3) is 3.90. The van der Waals surface area contributed by atoms with Crippen molar-refractivity contribution in [2.45, 2.75) is 6.92 Å². The van der Waals surface area contributed by atoms with Crippen molar-refractivity contribution in [3.05, 3.63) is 83.5 Å². The van der Waals surface area contributed by atoms with Gasteiger partial charge in [0, 0.05) is 48.5 Å². The molecule has 4 rings (SSSR count). The summed E-state index contributed by atoms with van der Waals surface area (Å²) >= 11 is 6.56. The van der Waals surface area contributed by atoms with E-state index < -0.39 is 0 Å². The summed E-state index contributed by atoms with van der Waals surface area (Å²) in [5.41, 5.74) is 6.18. The molecular formula is C25H23ClN4. The largest absolute Gasteiger partial charge is 0.372 e. The molecule has 5 heteroatoms. The monoisotopic (exact) mass is 414 g/mol. The lowest BCUT2D eigenvalue weighted by molar-refractivity contribution is 0.215. The van der Waals surface area contributed by atoms with Crippen molar-refractivity contribution in [3.8, 4) is 17.3 Å². The standard InChI is InChI=1S/C25H23ClN4/c1-17(2)29-9-11-30(12-10-29)18(3)20-7-8-22-23(26)15-24(28-25(22)14-20)21-6-4-5-19(13-21)16-27/h4-8,13-15H,1,3,9-12H2,2H3. The van der Waals surface area contributed by atoms with Crippen LogP contribution in [0.15, 0.2) is 67.4 Å². The number of allylic oxidation sites excluding steroid dienone is 1. The van der Waals surface area contributed by atoms with E-state index in [1.807, 2.05) is 43.3 Å². The van der Waals surface area contributed by atoms with E-state index >= 15 is 0 Å². The molecule has 0 bridgehead atoms. The van der Waals surface area contributed by atoms with Gasteiger partial charge < -0.3 is 9.80 Å². The van der Waals surface area contributed by atoms with Gasteiger partial charge in [0.15, 0.2) is 0 Å². The predicted molar refractivity (Wildman–Crippen MR) is 124 cm³/mol. The summed E-state index contributed by atoms with van der Waals surface area (Å²) in [6.45, 7) is 14.2. The van der Waals surface area contributed by atoms with Crippen molar-refractivity contribution >= 4 is 28.2 Å². The molecule has 30 heavy (non-hydrogen) atoms. The second kappa shape index (κ2) is 8.22. The second-order valence-corrected chi connectivity index (χ2v) is 7.98. The van der Waals surface area contributed by atoms with E-state index in [0.717, 1.165) is 65.3 Å². The zero-order valence-corrected chi connectivity index (χ0v) is 17.8. The van der Waals surface area contributed by atoms with Crippen LogP contribution in [-0.4, -0.2) is 41.0 Å². The number of benzene rings is 2. The molecule has 1 aliphatic rings. The molecular weight excluding hydrogens is 392 g/mol. The zero-order chi connectivity index (χ0) is 21.3. The minimum Gasteiger partial charge on any atom is -0.372 e. The number of nitrogens with zero attached hydrogens (tertiary/aromatic N) is 4. The van der Waals surface area contributed by atoms with Crippen LogP contribution in [0.4, 0.5) is 0 Å². The predicted octanol–water partition coefficient (Wildman–Crippen LogP) is 5.55. The Morgan fingerprint density at radius 3 is 2.47 bits per heavy atom. The van der Waals surface area contributed by atoms with Crippen molar-refractivity contribution in [1.29, 1.82) is 5.26 Å². The molecule has 1 fully saturated rings. The first-order chi connectivity index (χ1) is 14.5.